The molecule has 1 N–H and O–H groups in total. The lowest BCUT2D eigenvalue weighted by molar-refractivity contribution is 0.0516. The van der Waals surface area contributed by atoms with Gasteiger partial charge in [0.25, 0.3) is 11.8 Å². The molecule has 132 valence electrons. The number of aromatic nitrogens is 3. The van der Waals surface area contributed by atoms with Crippen LogP contribution in [-0.4, -0.2) is 62.1 Å². The van der Waals surface area contributed by atoms with Crippen LogP contribution in [0.4, 0.5) is 0 Å². The Labute approximate surface area is 153 Å². The fourth-order valence-corrected chi connectivity index (χ4v) is 4.33. The molecular weight excluding hydrogens is 350 g/mol. The molecule has 0 unspecified atom stereocenters. The molecule has 1 fully saturated rings. The molecule has 4 heterocycles. The molecule has 2 aliphatic heterocycles. The SMILES string of the molecule is CN1CCC(N2C(=O)c3cc4nc(-c5cnsc5)[nH]c4cc3C2=O)CC1. The number of piperidine rings is 1. The van der Waals surface area contributed by atoms with E-state index in [1.165, 1.54) is 16.4 Å². The molecule has 1 saturated heterocycles. The molecule has 2 aromatic heterocycles. The summed E-state index contributed by atoms with van der Waals surface area (Å²) in [6.45, 7) is 1.80. The molecular formula is C18H17N5O2S. The lowest BCUT2D eigenvalue weighted by Crippen LogP contribution is -2.46. The molecule has 26 heavy (non-hydrogen) atoms. The Kier molecular flexibility index (Phi) is 3.44. The molecule has 8 heteroatoms. The zero-order chi connectivity index (χ0) is 17.8. The highest BCUT2D eigenvalue weighted by atomic mass is 32.1. The van der Waals surface area contributed by atoms with Crippen molar-refractivity contribution in [3.05, 3.63) is 34.8 Å². The van der Waals surface area contributed by atoms with E-state index >= 15 is 0 Å². The van der Waals surface area contributed by atoms with Gasteiger partial charge in [-0.25, -0.2) is 9.36 Å². The highest BCUT2D eigenvalue weighted by molar-refractivity contribution is 7.03. The Bertz CT molecular complexity index is 965. The summed E-state index contributed by atoms with van der Waals surface area (Å²) >= 11 is 1.35. The van der Waals surface area contributed by atoms with Crippen molar-refractivity contribution < 1.29 is 9.59 Å². The molecule has 0 saturated carbocycles. The van der Waals surface area contributed by atoms with Gasteiger partial charge in [-0.15, -0.1) is 0 Å². The van der Waals surface area contributed by atoms with Crippen molar-refractivity contribution in [2.24, 2.45) is 0 Å². The first kappa shape index (κ1) is 15.7. The topological polar surface area (TPSA) is 82.2 Å². The number of benzene rings is 1. The molecule has 0 radical (unpaired) electrons. The summed E-state index contributed by atoms with van der Waals surface area (Å²) < 4.78 is 4.09. The average Bonchev–Trinajstić information content (AvgIpc) is 3.34. The molecule has 0 atom stereocenters. The number of nitrogens with one attached hydrogen (secondary N) is 1. The third-order valence-corrected chi connectivity index (χ3v) is 5.87. The van der Waals surface area contributed by atoms with E-state index in [2.05, 4.69) is 26.3 Å². The van der Waals surface area contributed by atoms with Crippen molar-refractivity contribution in [3.63, 3.8) is 0 Å². The van der Waals surface area contributed by atoms with E-state index in [0.29, 0.717) is 22.5 Å². The molecule has 7 nitrogen and oxygen atoms in total. The van der Waals surface area contributed by atoms with Crippen molar-refractivity contribution >= 4 is 34.4 Å². The fourth-order valence-electron chi connectivity index (χ4n) is 3.81. The van der Waals surface area contributed by atoms with Crippen LogP contribution >= 0.6 is 11.5 Å². The van der Waals surface area contributed by atoms with Gasteiger partial charge in [-0.2, -0.15) is 0 Å². The number of likely N-dealkylation sites (tertiary alicyclic amines) is 1. The van der Waals surface area contributed by atoms with E-state index < -0.39 is 0 Å². The summed E-state index contributed by atoms with van der Waals surface area (Å²) in [6, 6.07) is 3.48. The number of imide groups is 1. The fraction of sp³-hybridized carbons (Fsp3) is 0.333. The number of fused-ring (bicyclic) bond motifs is 2. The van der Waals surface area contributed by atoms with Crippen LogP contribution in [-0.2, 0) is 0 Å². The summed E-state index contributed by atoms with van der Waals surface area (Å²) in [5.74, 6) is 0.322. The number of carbonyl (C=O) groups excluding carboxylic acids is 2. The van der Waals surface area contributed by atoms with Gasteiger partial charge in [0.05, 0.1) is 28.4 Å². The summed E-state index contributed by atoms with van der Waals surface area (Å²) in [6.07, 6.45) is 3.40. The number of H-pyrrole nitrogens is 1. The Morgan fingerprint density at radius 1 is 1.15 bits per heavy atom. The minimum absolute atomic E-state index is 0.0163. The first-order valence-corrected chi connectivity index (χ1v) is 9.45. The Hall–Kier alpha value is -2.58. The van der Waals surface area contributed by atoms with E-state index in [4.69, 9.17) is 0 Å². The molecule has 3 aromatic rings. The predicted molar refractivity (Wildman–Crippen MR) is 98.2 cm³/mol. The number of hydrogen-bond donors (Lipinski definition) is 1. The van der Waals surface area contributed by atoms with Crippen LogP contribution in [0.2, 0.25) is 0 Å². The second-order valence-corrected chi connectivity index (χ2v) is 7.59. The third-order valence-electron chi connectivity index (χ3n) is 5.28. The maximum absolute atomic E-state index is 12.9. The number of amides is 2. The minimum Gasteiger partial charge on any atom is -0.338 e. The molecule has 1 aromatic carbocycles. The highest BCUT2D eigenvalue weighted by Crippen LogP contribution is 2.32. The van der Waals surface area contributed by atoms with Crippen LogP contribution < -0.4 is 0 Å². The summed E-state index contributed by atoms with van der Waals surface area (Å²) in [4.78, 5) is 37.3. The Balaban J connectivity index is 1.52. The number of carbonyl (C=O) groups is 2. The van der Waals surface area contributed by atoms with E-state index in [1.807, 2.05) is 5.38 Å². The van der Waals surface area contributed by atoms with Crippen LogP contribution in [0.5, 0.6) is 0 Å². The van der Waals surface area contributed by atoms with Gasteiger partial charge in [0.15, 0.2) is 0 Å². The molecule has 0 aliphatic carbocycles. The lowest BCUT2D eigenvalue weighted by Gasteiger charge is -2.33. The number of imidazole rings is 1. The smallest absolute Gasteiger partial charge is 0.261 e. The lowest BCUT2D eigenvalue weighted by atomic mass is 10.0. The van der Waals surface area contributed by atoms with E-state index in [9.17, 15) is 9.59 Å². The maximum Gasteiger partial charge on any atom is 0.261 e. The normalized spacial score (nSPS) is 18.9. The monoisotopic (exact) mass is 367 g/mol. The Morgan fingerprint density at radius 2 is 1.88 bits per heavy atom. The van der Waals surface area contributed by atoms with Crippen LogP contribution in [0.3, 0.4) is 0 Å². The zero-order valence-corrected chi connectivity index (χ0v) is 15.0. The van der Waals surface area contributed by atoms with Crippen LogP contribution in [0, 0.1) is 0 Å². The van der Waals surface area contributed by atoms with Gasteiger partial charge in [-0.05, 0) is 56.6 Å². The van der Waals surface area contributed by atoms with E-state index in [0.717, 1.165) is 37.0 Å². The van der Waals surface area contributed by atoms with Gasteiger partial charge in [-0.1, -0.05) is 0 Å². The highest BCUT2D eigenvalue weighted by Gasteiger charge is 2.41. The van der Waals surface area contributed by atoms with Gasteiger partial charge >= 0.3 is 0 Å². The number of nitrogens with zero attached hydrogens (tertiary/aromatic N) is 4. The van der Waals surface area contributed by atoms with Crippen molar-refractivity contribution in [2.75, 3.05) is 20.1 Å². The Morgan fingerprint density at radius 3 is 2.58 bits per heavy atom. The maximum atomic E-state index is 12.9. The molecule has 2 aliphatic rings. The van der Waals surface area contributed by atoms with Crippen LogP contribution in [0.1, 0.15) is 33.6 Å². The van der Waals surface area contributed by atoms with Crippen LogP contribution in [0.25, 0.3) is 22.4 Å². The molecule has 0 spiro atoms. The summed E-state index contributed by atoms with van der Waals surface area (Å²) in [7, 11) is 2.06. The number of rotatable bonds is 2. The van der Waals surface area contributed by atoms with Gasteiger partial charge < -0.3 is 9.88 Å². The van der Waals surface area contributed by atoms with Crippen molar-refractivity contribution in [1.82, 2.24) is 24.1 Å². The van der Waals surface area contributed by atoms with E-state index in [1.54, 1.807) is 18.3 Å². The first-order chi connectivity index (χ1) is 12.6. The third kappa shape index (κ3) is 2.29. The second-order valence-electron chi connectivity index (χ2n) is 6.93. The average molecular weight is 367 g/mol. The molecule has 2 amide bonds. The quantitative estimate of drug-likeness (QED) is 0.703. The zero-order valence-electron chi connectivity index (χ0n) is 14.2. The summed E-state index contributed by atoms with van der Waals surface area (Å²) in [5, 5.41) is 1.91. The number of hydrogen-bond acceptors (Lipinski definition) is 6. The van der Waals surface area contributed by atoms with Gasteiger partial charge in [0.2, 0.25) is 0 Å². The first-order valence-electron chi connectivity index (χ1n) is 8.62. The van der Waals surface area contributed by atoms with Gasteiger partial charge in [-0.3, -0.25) is 14.5 Å². The molecule has 5 rings (SSSR count). The van der Waals surface area contributed by atoms with Crippen molar-refractivity contribution in [3.8, 4) is 11.4 Å². The number of aromatic amines is 1. The van der Waals surface area contributed by atoms with Gasteiger partial charge in [0.1, 0.15) is 5.82 Å². The largest absolute Gasteiger partial charge is 0.338 e. The predicted octanol–water partition coefficient (Wildman–Crippen LogP) is 2.38. The van der Waals surface area contributed by atoms with Crippen molar-refractivity contribution in [2.45, 2.75) is 18.9 Å². The van der Waals surface area contributed by atoms with Crippen molar-refractivity contribution in [1.29, 1.82) is 0 Å². The van der Waals surface area contributed by atoms with Gasteiger partial charge in [0, 0.05) is 17.0 Å². The second kappa shape index (κ2) is 5.72. The minimum atomic E-state index is -0.191. The summed E-state index contributed by atoms with van der Waals surface area (Å²) in [5.41, 5.74) is 3.28. The molecule has 0 bridgehead atoms. The van der Waals surface area contributed by atoms with E-state index in [-0.39, 0.29) is 17.9 Å². The van der Waals surface area contributed by atoms with Crippen LogP contribution in [0.15, 0.2) is 23.7 Å². The standard InChI is InChI=1S/C18H17N5O2S/c1-22-4-2-11(3-5-22)23-17(24)12-6-14-15(7-13(12)18(23)25)21-16(20-14)10-8-19-26-9-10/h6-9,11H,2-5H2,1H3,(H,20,21).